The van der Waals surface area contributed by atoms with Crippen LogP contribution in [0.15, 0.2) is 54.6 Å². The molecule has 160 valence electrons. The van der Waals surface area contributed by atoms with Crippen molar-refractivity contribution in [1.29, 1.82) is 0 Å². The summed E-state index contributed by atoms with van der Waals surface area (Å²) >= 11 is 0. The highest BCUT2D eigenvalue weighted by molar-refractivity contribution is 5.79. The van der Waals surface area contributed by atoms with E-state index in [1.165, 1.54) is 0 Å². The van der Waals surface area contributed by atoms with Crippen molar-refractivity contribution in [3.63, 3.8) is 0 Å². The topological polar surface area (TPSA) is 56.2 Å². The maximum absolute atomic E-state index is 12.6. The Balaban J connectivity index is 1.66. The van der Waals surface area contributed by atoms with Gasteiger partial charge in [0.25, 0.3) is 0 Å². The smallest absolute Gasteiger partial charge is 0.223 e. The van der Waals surface area contributed by atoms with Crippen molar-refractivity contribution in [2.24, 2.45) is 5.92 Å². The van der Waals surface area contributed by atoms with Gasteiger partial charge in [-0.1, -0.05) is 44.2 Å². The Morgan fingerprint density at radius 1 is 1.03 bits per heavy atom. The molecule has 3 aromatic rings. The number of nitrogens with zero attached hydrogens (tertiary/aromatic N) is 2. The van der Waals surface area contributed by atoms with Crippen molar-refractivity contribution in [2.45, 2.75) is 59.0 Å². The second-order valence-electron chi connectivity index (χ2n) is 7.72. The zero-order chi connectivity index (χ0) is 21.3. The van der Waals surface area contributed by atoms with Crippen molar-refractivity contribution in [1.82, 2.24) is 14.9 Å². The van der Waals surface area contributed by atoms with Crippen molar-refractivity contribution in [2.75, 3.05) is 6.61 Å². The molecule has 3 rings (SSSR count). The molecule has 1 atom stereocenters. The summed E-state index contributed by atoms with van der Waals surface area (Å²) in [6.07, 6.45) is 3.64. The quantitative estimate of drug-likeness (QED) is 0.427. The monoisotopic (exact) mass is 407 g/mol. The molecule has 0 aliphatic rings. The number of benzene rings is 2. The van der Waals surface area contributed by atoms with Crippen molar-refractivity contribution in [3.8, 4) is 5.75 Å². The highest BCUT2D eigenvalue weighted by Gasteiger charge is 2.21. The number of fused-ring (bicyclic) bond motifs is 1. The number of unbranched alkanes of at least 4 members (excludes halogenated alkanes) is 1. The molecule has 30 heavy (non-hydrogen) atoms. The third-order valence-electron chi connectivity index (χ3n) is 5.57. The molecule has 0 spiro atoms. The van der Waals surface area contributed by atoms with Gasteiger partial charge in [-0.25, -0.2) is 4.98 Å². The average molecular weight is 408 g/mol. The zero-order valence-corrected chi connectivity index (χ0v) is 18.3. The Labute approximate surface area is 179 Å². The van der Waals surface area contributed by atoms with Crippen molar-refractivity contribution < 1.29 is 9.53 Å². The first-order valence-corrected chi connectivity index (χ1v) is 11.1. The zero-order valence-electron chi connectivity index (χ0n) is 18.3. The second kappa shape index (κ2) is 10.8. The summed E-state index contributed by atoms with van der Waals surface area (Å²) in [6, 6.07) is 17.9. The predicted molar refractivity (Wildman–Crippen MR) is 122 cm³/mol. The van der Waals surface area contributed by atoms with E-state index in [1.807, 2.05) is 55.5 Å². The van der Waals surface area contributed by atoms with E-state index in [2.05, 4.69) is 29.8 Å². The number of carbonyl (C=O) groups excluding carboxylic acids is 1. The Morgan fingerprint density at radius 2 is 1.73 bits per heavy atom. The standard InChI is InChI=1S/C25H33N3O2/c1-4-20(5-2)25(29)26-19(3)24-27-22-15-9-10-16-23(22)28(24)17-11-12-18-30-21-13-7-6-8-14-21/h6-10,13-16,19-20H,4-5,11-12,17-18H2,1-3H3,(H,26,29). The summed E-state index contributed by atoms with van der Waals surface area (Å²) < 4.78 is 8.06. The van der Waals surface area contributed by atoms with E-state index in [0.29, 0.717) is 6.61 Å². The number of carbonyl (C=O) groups is 1. The van der Waals surface area contributed by atoms with Crippen LogP contribution in [0.25, 0.3) is 11.0 Å². The van der Waals surface area contributed by atoms with Crippen LogP contribution in [0.1, 0.15) is 58.3 Å². The fourth-order valence-electron chi connectivity index (χ4n) is 3.79. The van der Waals surface area contributed by atoms with Gasteiger partial charge in [-0.15, -0.1) is 0 Å². The second-order valence-corrected chi connectivity index (χ2v) is 7.72. The van der Waals surface area contributed by atoms with Crippen LogP contribution in [-0.2, 0) is 11.3 Å². The summed E-state index contributed by atoms with van der Waals surface area (Å²) in [4.78, 5) is 17.4. The molecule has 1 amide bonds. The number of ether oxygens (including phenoxy) is 1. The molecular weight excluding hydrogens is 374 g/mol. The summed E-state index contributed by atoms with van der Waals surface area (Å²) in [5.41, 5.74) is 2.08. The van der Waals surface area contributed by atoms with E-state index in [4.69, 9.17) is 9.72 Å². The lowest BCUT2D eigenvalue weighted by atomic mass is 10.0. The minimum absolute atomic E-state index is 0.0559. The van der Waals surface area contributed by atoms with E-state index in [9.17, 15) is 4.79 Å². The first kappa shape index (κ1) is 21.9. The van der Waals surface area contributed by atoms with Gasteiger partial charge in [0.2, 0.25) is 5.91 Å². The molecule has 2 aromatic carbocycles. The highest BCUT2D eigenvalue weighted by Crippen LogP contribution is 2.22. The molecule has 0 aliphatic carbocycles. The fraction of sp³-hybridized carbons (Fsp3) is 0.440. The highest BCUT2D eigenvalue weighted by atomic mass is 16.5. The van der Waals surface area contributed by atoms with E-state index >= 15 is 0 Å². The lowest BCUT2D eigenvalue weighted by Gasteiger charge is -2.19. The molecule has 0 fully saturated rings. The Morgan fingerprint density at radius 3 is 2.47 bits per heavy atom. The van der Waals surface area contributed by atoms with Crippen molar-refractivity contribution in [3.05, 3.63) is 60.4 Å². The summed E-state index contributed by atoms with van der Waals surface area (Å²) in [6.45, 7) is 7.68. The molecule has 0 radical (unpaired) electrons. The maximum Gasteiger partial charge on any atom is 0.223 e. The Hall–Kier alpha value is -2.82. The Kier molecular flexibility index (Phi) is 7.89. The molecule has 0 saturated heterocycles. The number of amides is 1. The van der Waals surface area contributed by atoms with Gasteiger partial charge in [0.1, 0.15) is 11.6 Å². The van der Waals surface area contributed by atoms with Gasteiger partial charge in [-0.2, -0.15) is 0 Å². The third-order valence-corrected chi connectivity index (χ3v) is 5.57. The number of nitrogens with one attached hydrogen (secondary N) is 1. The minimum Gasteiger partial charge on any atom is -0.494 e. The maximum atomic E-state index is 12.6. The van der Waals surface area contributed by atoms with E-state index in [-0.39, 0.29) is 17.9 Å². The van der Waals surface area contributed by atoms with Crippen LogP contribution in [0, 0.1) is 5.92 Å². The van der Waals surface area contributed by atoms with E-state index in [1.54, 1.807) is 0 Å². The molecule has 0 saturated carbocycles. The van der Waals surface area contributed by atoms with Crippen molar-refractivity contribution >= 4 is 16.9 Å². The number of hydrogen-bond acceptors (Lipinski definition) is 3. The molecule has 1 N–H and O–H groups in total. The van der Waals surface area contributed by atoms with E-state index < -0.39 is 0 Å². The summed E-state index contributed by atoms with van der Waals surface area (Å²) in [5, 5.41) is 3.18. The minimum atomic E-state index is -0.133. The first-order valence-electron chi connectivity index (χ1n) is 11.1. The van der Waals surface area contributed by atoms with Gasteiger partial charge in [0.15, 0.2) is 0 Å². The molecule has 1 aromatic heterocycles. The van der Waals surface area contributed by atoms with Gasteiger partial charge in [0, 0.05) is 12.5 Å². The molecular formula is C25H33N3O2. The number of imidazole rings is 1. The van der Waals surface area contributed by atoms with Crippen LogP contribution in [0.5, 0.6) is 5.75 Å². The number of aryl methyl sites for hydroxylation is 1. The van der Waals surface area contributed by atoms with Gasteiger partial charge in [-0.05, 0) is 56.9 Å². The SMILES string of the molecule is CCC(CC)C(=O)NC(C)c1nc2ccccc2n1CCCCOc1ccccc1. The fourth-order valence-corrected chi connectivity index (χ4v) is 3.79. The molecule has 5 nitrogen and oxygen atoms in total. The predicted octanol–water partition coefficient (Wildman–Crippen LogP) is 5.51. The number of rotatable bonds is 11. The first-order chi connectivity index (χ1) is 14.6. The van der Waals surface area contributed by atoms with Crippen LogP contribution < -0.4 is 10.1 Å². The molecule has 1 unspecified atom stereocenters. The normalized spacial score (nSPS) is 12.3. The largest absolute Gasteiger partial charge is 0.494 e. The van der Waals surface area contributed by atoms with Crippen LogP contribution >= 0.6 is 0 Å². The van der Waals surface area contributed by atoms with Gasteiger partial charge in [-0.3, -0.25) is 4.79 Å². The van der Waals surface area contributed by atoms with Crippen LogP contribution in [0.4, 0.5) is 0 Å². The van der Waals surface area contributed by atoms with Crippen LogP contribution in [-0.4, -0.2) is 22.1 Å². The molecule has 5 heteroatoms. The molecule has 0 aliphatic heterocycles. The summed E-state index contributed by atoms with van der Waals surface area (Å²) in [5.74, 6) is 1.99. The van der Waals surface area contributed by atoms with E-state index in [0.717, 1.165) is 54.8 Å². The third kappa shape index (κ3) is 5.41. The average Bonchev–Trinajstić information content (AvgIpc) is 3.14. The number of hydrogen-bond donors (Lipinski definition) is 1. The summed E-state index contributed by atoms with van der Waals surface area (Å²) in [7, 11) is 0. The van der Waals surface area contributed by atoms with Gasteiger partial charge < -0.3 is 14.6 Å². The van der Waals surface area contributed by atoms with Crippen LogP contribution in [0.3, 0.4) is 0 Å². The van der Waals surface area contributed by atoms with Crippen LogP contribution in [0.2, 0.25) is 0 Å². The molecule has 0 bridgehead atoms. The van der Waals surface area contributed by atoms with Gasteiger partial charge in [0.05, 0.1) is 23.7 Å². The molecule has 1 heterocycles. The number of aromatic nitrogens is 2. The van der Waals surface area contributed by atoms with Gasteiger partial charge >= 0.3 is 0 Å². The number of para-hydroxylation sites is 3. The Bertz CT molecular complexity index is 932. The lowest BCUT2D eigenvalue weighted by molar-refractivity contribution is -0.125. The lowest BCUT2D eigenvalue weighted by Crippen LogP contribution is -2.33.